The number of anilines is 1. The van der Waals surface area contributed by atoms with Crippen LogP contribution in [0.25, 0.3) is 0 Å². The molecule has 1 aromatic carbocycles. The Morgan fingerprint density at radius 1 is 1.24 bits per heavy atom. The number of rotatable bonds is 3. The van der Waals surface area contributed by atoms with E-state index in [-0.39, 0.29) is 16.9 Å². The predicted octanol–water partition coefficient (Wildman–Crippen LogP) is 2.95. The van der Waals surface area contributed by atoms with E-state index in [1.54, 1.807) is 13.0 Å². The van der Waals surface area contributed by atoms with Gasteiger partial charge >= 0.3 is 6.36 Å². The molecule has 0 aliphatic rings. The fourth-order valence-electron chi connectivity index (χ4n) is 2.03. The van der Waals surface area contributed by atoms with Gasteiger partial charge in [0.1, 0.15) is 17.7 Å². The Morgan fingerprint density at radius 3 is 2.52 bits per heavy atom. The molecule has 4 nitrogen and oxygen atoms in total. The van der Waals surface area contributed by atoms with Gasteiger partial charge in [-0.25, -0.2) is 4.98 Å². The van der Waals surface area contributed by atoms with Gasteiger partial charge in [0.05, 0.1) is 0 Å². The third kappa shape index (κ3) is 3.43. The van der Waals surface area contributed by atoms with Gasteiger partial charge in [-0.3, -0.25) is 0 Å². The van der Waals surface area contributed by atoms with Crippen LogP contribution in [-0.2, 0) is 0 Å². The van der Waals surface area contributed by atoms with Crippen LogP contribution in [0.5, 0.6) is 5.75 Å². The molecule has 0 amide bonds. The molecule has 0 fully saturated rings. The van der Waals surface area contributed by atoms with Crippen LogP contribution in [0.15, 0.2) is 36.5 Å². The molecule has 0 radical (unpaired) electrons. The number of aliphatic hydroxyl groups is 1. The van der Waals surface area contributed by atoms with Crippen molar-refractivity contribution in [3.05, 3.63) is 53.2 Å². The van der Waals surface area contributed by atoms with Crippen molar-refractivity contribution in [3.8, 4) is 5.75 Å². The fourth-order valence-corrected chi connectivity index (χ4v) is 2.03. The summed E-state index contributed by atoms with van der Waals surface area (Å²) in [5, 5.41) is 10.4. The Kier molecular flexibility index (Phi) is 4.04. The first-order chi connectivity index (χ1) is 9.79. The van der Waals surface area contributed by atoms with Crippen molar-refractivity contribution in [1.82, 2.24) is 4.98 Å². The maximum Gasteiger partial charge on any atom is 0.573 e. The van der Waals surface area contributed by atoms with Gasteiger partial charge in [-0.05, 0) is 24.6 Å². The van der Waals surface area contributed by atoms with Crippen molar-refractivity contribution in [2.24, 2.45) is 0 Å². The molecule has 112 valence electrons. The van der Waals surface area contributed by atoms with Crippen molar-refractivity contribution in [1.29, 1.82) is 0 Å². The van der Waals surface area contributed by atoms with Gasteiger partial charge in [-0.15, -0.1) is 13.2 Å². The third-order valence-corrected chi connectivity index (χ3v) is 2.95. The SMILES string of the molecule is Cc1ccnc(N)c1C(O)c1ccccc1OC(F)(F)F. The maximum atomic E-state index is 12.4. The normalized spacial score (nSPS) is 13.0. The van der Waals surface area contributed by atoms with Crippen LogP contribution < -0.4 is 10.5 Å². The van der Waals surface area contributed by atoms with E-state index in [0.29, 0.717) is 5.56 Å². The van der Waals surface area contributed by atoms with Crippen LogP contribution >= 0.6 is 0 Å². The molecule has 1 unspecified atom stereocenters. The molecular weight excluding hydrogens is 285 g/mol. The van der Waals surface area contributed by atoms with E-state index < -0.39 is 18.2 Å². The molecule has 0 spiro atoms. The largest absolute Gasteiger partial charge is 0.573 e. The molecule has 2 rings (SSSR count). The van der Waals surface area contributed by atoms with Gasteiger partial charge in [0.2, 0.25) is 0 Å². The summed E-state index contributed by atoms with van der Waals surface area (Å²) in [6, 6.07) is 6.98. The monoisotopic (exact) mass is 298 g/mol. The first-order valence-electron chi connectivity index (χ1n) is 6.03. The number of pyridine rings is 1. The lowest BCUT2D eigenvalue weighted by atomic mass is 9.97. The lowest BCUT2D eigenvalue weighted by Gasteiger charge is -2.19. The van der Waals surface area contributed by atoms with Gasteiger partial charge in [0.15, 0.2) is 0 Å². The lowest BCUT2D eigenvalue weighted by Crippen LogP contribution is -2.19. The number of benzene rings is 1. The zero-order valence-corrected chi connectivity index (χ0v) is 11.1. The van der Waals surface area contributed by atoms with Crippen molar-refractivity contribution in [3.63, 3.8) is 0 Å². The van der Waals surface area contributed by atoms with Gasteiger partial charge in [0, 0.05) is 17.3 Å². The highest BCUT2D eigenvalue weighted by Crippen LogP contribution is 2.35. The minimum absolute atomic E-state index is 0.0300. The summed E-state index contributed by atoms with van der Waals surface area (Å²) in [6.45, 7) is 1.68. The average molecular weight is 298 g/mol. The van der Waals surface area contributed by atoms with Crippen molar-refractivity contribution in [2.45, 2.75) is 19.4 Å². The van der Waals surface area contributed by atoms with Crippen molar-refractivity contribution < 1.29 is 23.0 Å². The first-order valence-corrected chi connectivity index (χ1v) is 6.03. The summed E-state index contributed by atoms with van der Waals surface area (Å²) in [6.07, 6.45) is -4.75. The van der Waals surface area contributed by atoms with Crippen LogP contribution in [-0.4, -0.2) is 16.5 Å². The number of nitrogens with zero attached hydrogens (tertiary/aromatic N) is 1. The average Bonchev–Trinajstić information content (AvgIpc) is 2.37. The Balaban J connectivity index is 2.47. The smallest absolute Gasteiger partial charge is 0.405 e. The fraction of sp³-hybridized carbons (Fsp3) is 0.214. The minimum atomic E-state index is -4.84. The molecule has 0 saturated heterocycles. The van der Waals surface area contributed by atoms with E-state index in [2.05, 4.69) is 9.72 Å². The predicted molar refractivity (Wildman–Crippen MR) is 70.6 cm³/mol. The second-order valence-electron chi connectivity index (χ2n) is 4.41. The molecule has 3 N–H and O–H groups in total. The topological polar surface area (TPSA) is 68.4 Å². The quantitative estimate of drug-likeness (QED) is 0.914. The molecule has 21 heavy (non-hydrogen) atoms. The molecule has 1 atom stereocenters. The van der Waals surface area contributed by atoms with Crippen LogP contribution in [0.2, 0.25) is 0 Å². The van der Waals surface area contributed by atoms with E-state index in [0.717, 1.165) is 6.07 Å². The van der Waals surface area contributed by atoms with Crippen molar-refractivity contribution >= 4 is 5.82 Å². The Labute approximate surface area is 119 Å². The van der Waals surface area contributed by atoms with E-state index in [4.69, 9.17) is 5.73 Å². The highest BCUT2D eigenvalue weighted by atomic mass is 19.4. The van der Waals surface area contributed by atoms with Gasteiger partial charge in [-0.2, -0.15) is 0 Å². The number of nitrogen functional groups attached to an aromatic ring is 1. The summed E-state index contributed by atoms with van der Waals surface area (Å²) in [4.78, 5) is 3.85. The van der Waals surface area contributed by atoms with E-state index >= 15 is 0 Å². The molecule has 0 aliphatic heterocycles. The molecule has 0 bridgehead atoms. The Hall–Kier alpha value is -2.28. The molecule has 2 aromatic rings. The number of hydrogen-bond donors (Lipinski definition) is 2. The molecule has 1 aromatic heterocycles. The van der Waals surface area contributed by atoms with Gasteiger partial charge < -0.3 is 15.6 Å². The zero-order valence-electron chi connectivity index (χ0n) is 11.1. The standard InChI is InChI=1S/C14H13F3N2O2/c1-8-6-7-19-13(18)11(8)12(20)9-4-2-3-5-10(9)21-14(15,16)17/h2-7,12,20H,1H3,(H2,18,19). The highest BCUT2D eigenvalue weighted by Gasteiger charge is 2.33. The number of alkyl halides is 3. The maximum absolute atomic E-state index is 12.4. The van der Waals surface area contributed by atoms with Gasteiger partial charge in [-0.1, -0.05) is 18.2 Å². The highest BCUT2D eigenvalue weighted by molar-refractivity contribution is 5.51. The Morgan fingerprint density at radius 2 is 1.90 bits per heavy atom. The van der Waals surface area contributed by atoms with Crippen LogP contribution in [0, 0.1) is 6.92 Å². The Bertz CT molecular complexity index is 624. The first kappa shape index (κ1) is 15.1. The van der Waals surface area contributed by atoms with E-state index in [1.807, 2.05) is 0 Å². The summed E-state index contributed by atoms with van der Waals surface area (Å²) < 4.78 is 41.1. The number of hydrogen-bond acceptors (Lipinski definition) is 4. The molecule has 7 heteroatoms. The minimum Gasteiger partial charge on any atom is -0.405 e. The number of ether oxygens (including phenoxy) is 1. The summed E-state index contributed by atoms with van der Waals surface area (Å²) in [7, 11) is 0. The second kappa shape index (κ2) is 5.61. The summed E-state index contributed by atoms with van der Waals surface area (Å²) >= 11 is 0. The van der Waals surface area contributed by atoms with Crippen molar-refractivity contribution in [2.75, 3.05) is 5.73 Å². The third-order valence-electron chi connectivity index (χ3n) is 2.95. The van der Waals surface area contributed by atoms with Crippen LogP contribution in [0.4, 0.5) is 19.0 Å². The summed E-state index contributed by atoms with van der Waals surface area (Å²) in [5.41, 5.74) is 6.55. The lowest BCUT2D eigenvalue weighted by molar-refractivity contribution is -0.275. The van der Waals surface area contributed by atoms with Crippen LogP contribution in [0.3, 0.4) is 0 Å². The molecule has 1 heterocycles. The number of para-hydroxylation sites is 1. The number of aryl methyl sites for hydroxylation is 1. The number of nitrogens with two attached hydrogens (primary N) is 1. The van der Waals surface area contributed by atoms with E-state index in [9.17, 15) is 18.3 Å². The molecule has 0 aliphatic carbocycles. The number of aliphatic hydroxyl groups excluding tert-OH is 1. The molecular formula is C14H13F3N2O2. The number of aromatic nitrogens is 1. The second-order valence-corrected chi connectivity index (χ2v) is 4.41. The molecule has 0 saturated carbocycles. The van der Waals surface area contributed by atoms with E-state index in [1.165, 1.54) is 24.4 Å². The summed E-state index contributed by atoms with van der Waals surface area (Å²) in [5.74, 6) is -0.413. The number of halogens is 3. The van der Waals surface area contributed by atoms with Gasteiger partial charge in [0.25, 0.3) is 0 Å². The van der Waals surface area contributed by atoms with Crippen LogP contribution in [0.1, 0.15) is 22.8 Å². The zero-order chi connectivity index (χ0) is 15.6.